The summed E-state index contributed by atoms with van der Waals surface area (Å²) in [6, 6.07) is 2.76. The van der Waals surface area contributed by atoms with Crippen molar-refractivity contribution in [3.63, 3.8) is 0 Å². The molecule has 1 unspecified atom stereocenters. The molecule has 0 radical (unpaired) electrons. The number of aryl methyl sites for hydroxylation is 2. The number of nitrogens with zero attached hydrogens (tertiary/aromatic N) is 2. The van der Waals surface area contributed by atoms with Gasteiger partial charge in [-0.25, -0.2) is 8.78 Å². The minimum atomic E-state index is -1.33. The summed E-state index contributed by atoms with van der Waals surface area (Å²) >= 11 is 0. The summed E-state index contributed by atoms with van der Waals surface area (Å²) in [4.78, 5) is 7.90. The first-order chi connectivity index (χ1) is 8.50. The number of aliphatic hydroxyl groups excluding tert-OH is 1. The van der Waals surface area contributed by atoms with Gasteiger partial charge in [-0.05, 0) is 19.4 Å². The molecule has 18 heavy (non-hydrogen) atoms. The van der Waals surface area contributed by atoms with Crippen molar-refractivity contribution in [1.29, 1.82) is 0 Å². The summed E-state index contributed by atoms with van der Waals surface area (Å²) in [6.07, 6.45) is 1.48. The van der Waals surface area contributed by atoms with Crippen LogP contribution in [0.15, 0.2) is 24.5 Å². The van der Waals surface area contributed by atoms with Crippen LogP contribution in [0.1, 0.15) is 28.6 Å². The third kappa shape index (κ3) is 2.22. The van der Waals surface area contributed by atoms with Gasteiger partial charge in [0.1, 0.15) is 6.10 Å². The van der Waals surface area contributed by atoms with Gasteiger partial charge in [0.05, 0.1) is 17.6 Å². The molecule has 0 spiro atoms. The Labute approximate surface area is 103 Å². The van der Waals surface area contributed by atoms with Gasteiger partial charge in [0, 0.05) is 11.8 Å². The fourth-order valence-electron chi connectivity index (χ4n) is 1.58. The number of hydrogen-bond donors (Lipinski definition) is 1. The highest BCUT2D eigenvalue weighted by atomic mass is 19.2. The fourth-order valence-corrected chi connectivity index (χ4v) is 1.58. The summed E-state index contributed by atoms with van der Waals surface area (Å²) < 4.78 is 27.1. The molecule has 0 fully saturated rings. The Balaban J connectivity index is 2.43. The van der Waals surface area contributed by atoms with Crippen LogP contribution in [0.4, 0.5) is 8.78 Å². The lowest BCUT2D eigenvalue weighted by atomic mass is 10.0. The van der Waals surface area contributed by atoms with Crippen molar-refractivity contribution in [3.05, 3.63) is 58.7 Å². The zero-order valence-corrected chi connectivity index (χ0v) is 9.98. The molecule has 0 amide bonds. The van der Waals surface area contributed by atoms with Crippen molar-refractivity contribution in [2.75, 3.05) is 0 Å². The zero-order chi connectivity index (χ0) is 13.3. The van der Waals surface area contributed by atoms with Crippen molar-refractivity contribution in [3.8, 4) is 0 Å². The molecule has 94 valence electrons. The lowest BCUT2D eigenvalue weighted by Crippen LogP contribution is -2.07. The Hall–Kier alpha value is -1.88. The van der Waals surface area contributed by atoms with E-state index in [1.807, 2.05) is 0 Å². The highest BCUT2D eigenvalue weighted by molar-refractivity contribution is 5.30. The molecular weight excluding hydrogens is 238 g/mol. The predicted molar refractivity (Wildman–Crippen MR) is 61.9 cm³/mol. The highest BCUT2D eigenvalue weighted by Gasteiger charge is 2.20. The molecular formula is C13H12F2N2O. The van der Waals surface area contributed by atoms with E-state index in [0.717, 1.165) is 0 Å². The molecule has 2 rings (SSSR count). The van der Waals surface area contributed by atoms with Crippen LogP contribution in [0.5, 0.6) is 0 Å². The summed E-state index contributed by atoms with van der Waals surface area (Å²) in [5, 5.41) is 9.97. The van der Waals surface area contributed by atoms with Crippen LogP contribution >= 0.6 is 0 Å². The number of halogens is 2. The van der Waals surface area contributed by atoms with E-state index in [1.165, 1.54) is 31.5 Å². The third-order valence-corrected chi connectivity index (χ3v) is 2.68. The van der Waals surface area contributed by atoms with E-state index in [2.05, 4.69) is 9.97 Å². The number of benzene rings is 1. The number of aliphatic hydroxyl groups is 1. The molecule has 5 heteroatoms. The summed E-state index contributed by atoms with van der Waals surface area (Å²) in [5.74, 6) is -2.00. The van der Waals surface area contributed by atoms with Crippen molar-refractivity contribution >= 4 is 0 Å². The van der Waals surface area contributed by atoms with Gasteiger partial charge in [0.2, 0.25) is 0 Å². The number of rotatable bonds is 2. The molecule has 0 aliphatic heterocycles. The van der Waals surface area contributed by atoms with Gasteiger partial charge in [-0.1, -0.05) is 12.1 Å². The second kappa shape index (κ2) is 4.78. The lowest BCUT2D eigenvalue weighted by Gasteiger charge is -2.12. The maximum absolute atomic E-state index is 13.7. The van der Waals surface area contributed by atoms with E-state index in [9.17, 15) is 13.9 Å². The summed E-state index contributed by atoms with van der Waals surface area (Å²) in [5.41, 5.74) is 0.916. The second-order valence-electron chi connectivity index (χ2n) is 4.08. The Morgan fingerprint density at radius 3 is 2.39 bits per heavy atom. The number of aromatic nitrogens is 2. The molecule has 0 aliphatic carbocycles. The first-order valence-electron chi connectivity index (χ1n) is 5.42. The van der Waals surface area contributed by atoms with Crippen LogP contribution in [0.2, 0.25) is 0 Å². The Kier molecular flexibility index (Phi) is 3.34. The van der Waals surface area contributed by atoms with Gasteiger partial charge in [-0.2, -0.15) is 0 Å². The maximum atomic E-state index is 13.7. The highest BCUT2D eigenvalue weighted by Crippen LogP contribution is 2.25. The molecule has 2 aromatic rings. The zero-order valence-electron chi connectivity index (χ0n) is 9.98. The molecule has 1 aromatic heterocycles. The Bertz CT molecular complexity index is 570. The molecule has 1 N–H and O–H groups in total. The van der Waals surface area contributed by atoms with E-state index in [0.29, 0.717) is 5.69 Å². The predicted octanol–water partition coefficient (Wildman–Crippen LogP) is 2.45. The summed E-state index contributed by atoms with van der Waals surface area (Å²) in [6.45, 7) is 3.20. The SMILES string of the molecule is Cc1cnc(C(O)c2ccc(C)c(F)c2F)cn1. The van der Waals surface area contributed by atoms with Gasteiger partial charge in [0.15, 0.2) is 11.6 Å². The van der Waals surface area contributed by atoms with Crippen LogP contribution < -0.4 is 0 Å². The molecule has 0 saturated heterocycles. The standard InChI is InChI=1S/C13H12F2N2O/c1-7-3-4-9(12(15)11(7)14)13(18)10-6-16-8(2)5-17-10/h3-6,13,18H,1-2H3. The van der Waals surface area contributed by atoms with Crippen LogP contribution in [-0.2, 0) is 0 Å². The minimum Gasteiger partial charge on any atom is -0.382 e. The van der Waals surface area contributed by atoms with E-state index in [4.69, 9.17) is 0 Å². The first kappa shape index (κ1) is 12.6. The van der Waals surface area contributed by atoms with Gasteiger partial charge < -0.3 is 5.11 Å². The normalized spacial score (nSPS) is 12.5. The Morgan fingerprint density at radius 1 is 1.06 bits per heavy atom. The van der Waals surface area contributed by atoms with Crippen molar-refractivity contribution in [1.82, 2.24) is 9.97 Å². The van der Waals surface area contributed by atoms with Gasteiger partial charge in [-0.15, -0.1) is 0 Å². The monoisotopic (exact) mass is 250 g/mol. The molecule has 0 saturated carbocycles. The molecule has 3 nitrogen and oxygen atoms in total. The molecule has 0 bridgehead atoms. The van der Waals surface area contributed by atoms with Crippen LogP contribution in [-0.4, -0.2) is 15.1 Å². The van der Waals surface area contributed by atoms with E-state index in [1.54, 1.807) is 6.92 Å². The van der Waals surface area contributed by atoms with E-state index < -0.39 is 17.7 Å². The van der Waals surface area contributed by atoms with Gasteiger partial charge >= 0.3 is 0 Å². The third-order valence-electron chi connectivity index (χ3n) is 2.68. The van der Waals surface area contributed by atoms with Crippen molar-refractivity contribution < 1.29 is 13.9 Å². The average molecular weight is 250 g/mol. The largest absolute Gasteiger partial charge is 0.382 e. The molecule has 0 aliphatic rings. The second-order valence-corrected chi connectivity index (χ2v) is 4.08. The van der Waals surface area contributed by atoms with E-state index in [-0.39, 0.29) is 16.8 Å². The first-order valence-corrected chi connectivity index (χ1v) is 5.42. The summed E-state index contributed by atoms with van der Waals surface area (Å²) in [7, 11) is 0. The van der Waals surface area contributed by atoms with Gasteiger partial charge in [-0.3, -0.25) is 9.97 Å². The van der Waals surface area contributed by atoms with Crippen molar-refractivity contribution in [2.24, 2.45) is 0 Å². The minimum absolute atomic E-state index is 0.142. The Morgan fingerprint density at radius 2 is 1.78 bits per heavy atom. The quantitative estimate of drug-likeness (QED) is 0.890. The lowest BCUT2D eigenvalue weighted by molar-refractivity contribution is 0.208. The topological polar surface area (TPSA) is 46.0 Å². The number of hydrogen-bond acceptors (Lipinski definition) is 3. The molecule has 1 heterocycles. The van der Waals surface area contributed by atoms with Crippen LogP contribution in [0.25, 0.3) is 0 Å². The van der Waals surface area contributed by atoms with Gasteiger partial charge in [0.25, 0.3) is 0 Å². The van der Waals surface area contributed by atoms with Crippen LogP contribution in [0, 0.1) is 25.5 Å². The van der Waals surface area contributed by atoms with Crippen molar-refractivity contribution in [2.45, 2.75) is 20.0 Å². The smallest absolute Gasteiger partial charge is 0.165 e. The fraction of sp³-hybridized carbons (Fsp3) is 0.231. The average Bonchev–Trinajstić information content (AvgIpc) is 2.36. The van der Waals surface area contributed by atoms with Crippen LogP contribution in [0.3, 0.4) is 0 Å². The maximum Gasteiger partial charge on any atom is 0.165 e. The van der Waals surface area contributed by atoms with E-state index >= 15 is 0 Å². The molecule has 1 atom stereocenters. The molecule has 1 aromatic carbocycles.